The maximum atomic E-state index is 13.9. The summed E-state index contributed by atoms with van der Waals surface area (Å²) in [5, 5.41) is 0.854. The molecule has 6 heteroatoms. The normalized spacial score (nSPS) is 10.4. The van der Waals surface area contributed by atoms with E-state index < -0.39 is 11.8 Å². The Morgan fingerprint density at radius 1 is 1.20 bits per heavy atom. The van der Waals surface area contributed by atoms with E-state index in [-0.39, 0.29) is 11.3 Å². The van der Waals surface area contributed by atoms with E-state index in [2.05, 4.69) is 9.72 Å². The first-order valence-electron chi connectivity index (χ1n) is 5.64. The summed E-state index contributed by atoms with van der Waals surface area (Å²) in [6.07, 6.45) is 0. The summed E-state index contributed by atoms with van der Waals surface area (Å²) in [6, 6.07) is 6.16. The second-order valence-electron chi connectivity index (χ2n) is 4.10. The van der Waals surface area contributed by atoms with Crippen LogP contribution in [0.4, 0.5) is 4.39 Å². The monoisotopic (exact) mass is 313 g/mol. The summed E-state index contributed by atoms with van der Waals surface area (Å²) >= 11 is 11.8. The number of carbonyl (C=O) groups excluding carboxylic acids is 1. The predicted molar refractivity (Wildman–Crippen MR) is 75.7 cm³/mol. The molecule has 2 rings (SSSR count). The molecule has 0 radical (unpaired) electrons. The first-order chi connectivity index (χ1) is 9.42. The van der Waals surface area contributed by atoms with Crippen molar-refractivity contribution in [2.75, 3.05) is 7.11 Å². The van der Waals surface area contributed by atoms with Gasteiger partial charge in [-0.05, 0) is 31.2 Å². The van der Waals surface area contributed by atoms with Crippen molar-refractivity contribution in [3.63, 3.8) is 0 Å². The van der Waals surface area contributed by atoms with Crippen molar-refractivity contribution in [1.82, 2.24) is 4.98 Å². The van der Waals surface area contributed by atoms with Gasteiger partial charge in [-0.1, -0.05) is 23.2 Å². The molecule has 0 unspecified atom stereocenters. The number of esters is 1. The van der Waals surface area contributed by atoms with Crippen LogP contribution in [0.5, 0.6) is 0 Å². The second-order valence-corrected chi connectivity index (χ2v) is 4.98. The SMILES string of the molecule is COC(=O)c1cc(-c2cc(Cl)cc(Cl)c2)nc(C)c1F. The highest BCUT2D eigenvalue weighted by molar-refractivity contribution is 6.35. The van der Waals surface area contributed by atoms with Crippen LogP contribution in [-0.2, 0) is 4.74 Å². The molecule has 0 aliphatic carbocycles. The van der Waals surface area contributed by atoms with Crippen molar-refractivity contribution in [2.24, 2.45) is 0 Å². The third kappa shape index (κ3) is 2.92. The molecule has 1 aromatic heterocycles. The molecule has 0 aliphatic heterocycles. The summed E-state index contributed by atoms with van der Waals surface area (Å²) in [7, 11) is 1.19. The van der Waals surface area contributed by atoms with Gasteiger partial charge in [-0.25, -0.2) is 9.18 Å². The van der Waals surface area contributed by atoms with Crippen LogP contribution in [-0.4, -0.2) is 18.1 Å². The van der Waals surface area contributed by atoms with Crippen molar-refractivity contribution < 1.29 is 13.9 Å². The second kappa shape index (κ2) is 5.77. The Balaban J connectivity index is 2.63. The van der Waals surface area contributed by atoms with Crippen LogP contribution in [0.3, 0.4) is 0 Å². The molecule has 20 heavy (non-hydrogen) atoms. The average Bonchev–Trinajstić information content (AvgIpc) is 2.39. The van der Waals surface area contributed by atoms with Gasteiger partial charge in [0.2, 0.25) is 0 Å². The van der Waals surface area contributed by atoms with E-state index >= 15 is 0 Å². The van der Waals surface area contributed by atoms with E-state index in [0.717, 1.165) is 0 Å². The van der Waals surface area contributed by atoms with Gasteiger partial charge >= 0.3 is 5.97 Å². The molecule has 0 saturated heterocycles. The number of ether oxygens (including phenoxy) is 1. The number of halogens is 3. The molecule has 1 heterocycles. The maximum absolute atomic E-state index is 13.9. The number of aryl methyl sites for hydroxylation is 1. The quantitative estimate of drug-likeness (QED) is 0.776. The molecule has 1 aromatic carbocycles. The number of carbonyl (C=O) groups is 1. The molecular weight excluding hydrogens is 304 g/mol. The van der Waals surface area contributed by atoms with Crippen molar-refractivity contribution in [3.8, 4) is 11.3 Å². The largest absolute Gasteiger partial charge is 0.465 e. The zero-order valence-electron chi connectivity index (χ0n) is 10.7. The van der Waals surface area contributed by atoms with Gasteiger partial charge in [0, 0.05) is 15.6 Å². The summed E-state index contributed by atoms with van der Waals surface area (Å²) in [4.78, 5) is 15.7. The number of aromatic nitrogens is 1. The molecule has 0 spiro atoms. The molecule has 0 N–H and O–H groups in total. The minimum atomic E-state index is -0.762. The number of benzene rings is 1. The Bertz CT molecular complexity index is 669. The molecule has 2 aromatic rings. The molecule has 0 amide bonds. The Labute approximate surface area is 125 Å². The number of methoxy groups -OCH3 is 1. The lowest BCUT2D eigenvalue weighted by molar-refractivity contribution is 0.0595. The third-order valence-corrected chi connectivity index (χ3v) is 3.12. The third-order valence-electron chi connectivity index (χ3n) is 2.69. The molecule has 0 atom stereocenters. The smallest absolute Gasteiger partial charge is 0.340 e. The van der Waals surface area contributed by atoms with E-state index in [1.54, 1.807) is 18.2 Å². The van der Waals surface area contributed by atoms with Gasteiger partial charge in [-0.15, -0.1) is 0 Å². The van der Waals surface area contributed by atoms with E-state index in [9.17, 15) is 9.18 Å². The van der Waals surface area contributed by atoms with Crippen LogP contribution >= 0.6 is 23.2 Å². The molecule has 0 aliphatic rings. The fraction of sp³-hybridized carbons (Fsp3) is 0.143. The van der Waals surface area contributed by atoms with Crippen LogP contribution in [0.15, 0.2) is 24.3 Å². The predicted octanol–water partition coefficient (Wildman–Crippen LogP) is 4.29. The molecule has 0 saturated carbocycles. The lowest BCUT2D eigenvalue weighted by atomic mass is 10.1. The Morgan fingerprint density at radius 3 is 2.35 bits per heavy atom. The van der Waals surface area contributed by atoms with E-state index in [4.69, 9.17) is 23.2 Å². The lowest BCUT2D eigenvalue weighted by Crippen LogP contribution is -2.08. The summed E-state index contributed by atoms with van der Waals surface area (Å²) in [5.41, 5.74) is 0.912. The van der Waals surface area contributed by atoms with Crippen LogP contribution in [0, 0.1) is 12.7 Å². The van der Waals surface area contributed by atoms with Crippen LogP contribution in [0.1, 0.15) is 16.1 Å². The first-order valence-corrected chi connectivity index (χ1v) is 6.40. The van der Waals surface area contributed by atoms with Gasteiger partial charge in [-0.3, -0.25) is 4.98 Å². The van der Waals surface area contributed by atoms with Crippen molar-refractivity contribution in [3.05, 3.63) is 51.4 Å². The Hall–Kier alpha value is -1.65. The molecule has 104 valence electrons. The molecule has 3 nitrogen and oxygen atoms in total. The Kier molecular flexibility index (Phi) is 4.26. The van der Waals surface area contributed by atoms with E-state index in [0.29, 0.717) is 21.3 Å². The molecule has 0 fully saturated rings. The van der Waals surface area contributed by atoms with E-state index in [1.807, 2.05) is 0 Å². The highest BCUT2D eigenvalue weighted by atomic mass is 35.5. The topological polar surface area (TPSA) is 39.2 Å². The highest BCUT2D eigenvalue weighted by Crippen LogP contribution is 2.28. The standard InChI is InChI=1S/C14H10Cl2FNO2/c1-7-13(17)11(14(19)20-2)6-12(18-7)8-3-9(15)5-10(16)4-8/h3-6H,1-2H3. The summed E-state index contributed by atoms with van der Waals surface area (Å²) in [6.45, 7) is 1.47. The summed E-state index contributed by atoms with van der Waals surface area (Å²) < 4.78 is 18.4. The zero-order chi connectivity index (χ0) is 14.9. The number of hydrogen-bond donors (Lipinski definition) is 0. The highest BCUT2D eigenvalue weighted by Gasteiger charge is 2.17. The number of rotatable bonds is 2. The summed E-state index contributed by atoms with van der Waals surface area (Å²) in [5.74, 6) is -1.46. The number of nitrogens with zero attached hydrogens (tertiary/aromatic N) is 1. The first kappa shape index (κ1) is 14.8. The number of pyridine rings is 1. The molecular formula is C14H10Cl2FNO2. The van der Waals surface area contributed by atoms with Crippen molar-refractivity contribution in [1.29, 1.82) is 0 Å². The van der Waals surface area contributed by atoms with E-state index in [1.165, 1.54) is 20.1 Å². The zero-order valence-corrected chi connectivity index (χ0v) is 12.2. The average molecular weight is 314 g/mol. The number of hydrogen-bond acceptors (Lipinski definition) is 3. The van der Waals surface area contributed by atoms with Crippen LogP contribution < -0.4 is 0 Å². The van der Waals surface area contributed by atoms with Crippen molar-refractivity contribution in [2.45, 2.75) is 6.92 Å². The Morgan fingerprint density at radius 2 is 1.80 bits per heavy atom. The lowest BCUT2D eigenvalue weighted by Gasteiger charge is -2.08. The molecule has 0 bridgehead atoms. The van der Waals surface area contributed by atoms with Gasteiger partial charge in [-0.2, -0.15) is 0 Å². The van der Waals surface area contributed by atoms with Gasteiger partial charge in [0.25, 0.3) is 0 Å². The fourth-order valence-electron chi connectivity index (χ4n) is 1.77. The van der Waals surface area contributed by atoms with Gasteiger partial charge in [0.05, 0.1) is 24.1 Å². The van der Waals surface area contributed by atoms with Crippen molar-refractivity contribution >= 4 is 29.2 Å². The van der Waals surface area contributed by atoms with Crippen LogP contribution in [0.2, 0.25) is 10.0 Å². The van der Waals surface area contributed by atoms with Gasteiger partial charge < -0.3 is 4.74 Å². The maximum Gasteiger partial charge on any atom is 0.340 e. The van der Waals surface area contributed by atoms with Crippen LogP contribution in [0.25, 0.3) is 11.3 Å². The van der Waals surface area contributed by atoms with Gasteiger partial charge in [0.15, 0.2) is 5.82 Å². The minimum absolute atomic E-state index is 0.0963. The fourth-order valence-corrected chi connectivity index (χ4v) is 2.29. The minimum Gasteiger partial charge on any atom is -0.465 e. The van der Waals surface area contributed by atoms with Gasteiger partial charge in [0.1, 0.15) is 0 Å².